The minimum absolute atomic E-state index is 0.165. The summed E-state index contributed by atoms with van der Waals surface area (Å²) >= 11 is 0. The summed E-state index contributed by atoms with van der Waals surface area (Å²) in [7, 11) is 0. The predicted octanol–water partition coefficient (Wildman–Crippen LogP) is 2.80. The highest BCUT2D eigenvalue weighted by Crippen LogP contribution is 2.22. The summed E-state index contributed by atoms with van der Waals surface area (Å²) in [6, 6.07) is 7.67. The van der Waals surface area contributed by atoms with Crippen LogP contribution in [0.1, 0.15) is 48.5 Å². The average molecular weight is 260 g/mol. The standard InChI is InChI=1S/C16H24N2O/c1-2-3-13-8-10-18(11-9-13)16(19)15-6-4-14(12-17)5-7-15/h4-7,13H,2-3,8-12,17H2,1H3. The lowest BCUT2D eigenvalue weighted by Crippen LogP contribution is -2.38. The van der Waals surface area contributed by atoms with Gasteiger partial charge in [-0.2, -0.15) is 0 Å². The molecule has 3 heteroatoms. The summed E-state index contributed by atoms with van der Waals surface area (Å²) in [5.41, 5.74) is 7.42. The molecule has 2 N–H and O–H groups in total. The Hall–Kier alpha value is -1.35. The van der Waals surface area contributed by atoms with Crippen molar-refractivity contribution in [1.82, 2.24) is 4.90 Å². The predicted molar refractivity (Wildman–Crippen MR) is 77.9 cm³/mol. The summed E-state index contributed by atoms with van der Waals surface area (Å²) in [5, 5.41) is 0. The Morgan fingerprint density at radius 1 is 1.26 bits per heavy atom. The van der Waals surface area contributed by atoms with Crippen LogP contribution in [0.2, 0.25) is 0 Å². The Labute approximate surface area is 115 Å². The quantitative estimate of drug-likeness (QED) is 0.905. The molecule has 0 aliphatic carbocycles. The molecule has 1 saturated heterocycles. The zero-order valence-corrected chi connectivity index (χ0v) is 11.8. The van der Waals surface area contributed by atoms with Gasteiger partial charge in [0.25, 0.3) is 5.91 Å². The van der Waals surface area contributed by atoms with Crippen LogP contribution in [0, 0.1) is 5.92 Å². The monoisotopic (exact) mass is 260 g/mol. The molecule has 104 valence electrons. The van der Waals surface area contributed by atoms with Crippen molar-refractivity contribution in [2.45, 2.75) is 39.2 Å². The van der Waals surface area contributed by atoms with Crippen LogP contribution >= 0.6 is 0 Å². The largest absolute Gasteiger partial charge is 0.339 e. The Bertz CT molecular complexity index is 405. The van der Waals surface area contributed by atoms with Crippen molar-refractivity contribution in [2.24, 2.45) is 11.7 Å². The van der Waals surface area contributed by atoms with E-state index >= 15 is 0 Å². The van der Waals surface area contributed by atoms with Crippen LogP contribution in [-0.2, 0) is 6.54 Å². The zero-order chi connectivity index (χ0) is 13.7. The molecule has 0 saturated carbocycles. The van der Waals surface area contributed by atoms with Crippen molar-refractivity contribution in [1.29, 1.82) is 0 Å². The molecule has 1 aliphatic heterocycles. The van der Waals surface area contributed by atoms with E-state index in [-0.39, 0.29) is 5.91 Å². The molecule has 1 aromatic rings. The number of benzene rings is 1. The molecule has 2 rings (SSSR count). The lowest BCUT2D eigenvalue weighted by molar-refractivity contribution is 0.0686. The lowest BCUT2D eigenvalue weighted by atomic mass is 9.92. The number of amides is 1. The highest BCUT2D eigenvalue weighted by Gasteiger charge is 2.22. The molecule has 0 bridgehead atoms. The fourth-order valence-electron chi connectivity index (χ4n) is 2.80. The van der Waals surface area contributed by atoms with Crippen LogP contribution in [0.15, 0.2) is 24.3 Å². The number of carbonyl (C=O) groups is 1. The van der Waals surface area contributed by atoms with Crippen molar-refractivity contribution in [3.63, 3.8) is 0 Å². The van der Waals surface area contributed by atoms with Crippen molar-refractivity contribution < 1.29 is 4.79 Å². The smallest absolute Gasteiger partial charge is 0.253 e. The molecular weight excluding hydrogens is 236 g/mol. The number of hydrogen-bond donors (Lipinski definition) is 1. The third-order valence-corrected chi connectivity index (χ3v) is 4.04. The molecule has 1 amide bonds. The van der Waals surface area contributed by atoms with Gasteiger partial charge in [-0.3, -0.25) is 4.79 Å². The van der Waals surface area contributed by atoms with E-state index in [9.17, 15) is 4.79 Å². The molecule has 0 unspecified atom stereocenters. The number of likely N-dealkylation sites (tertiary alicyclic amines) is 1. The molecule has 0 spiro atoms. The summed E-state index contributed by atoms with van der Waals surface area (Å²) < 4.78 is 0. The van der Waals surface area contributed by atoms with E-state index in [1.807, 2.05) is 29.2 Å². The minimum atomic E-state index is 0.165. The number of rotatable bonds is 4. The topological polar surface area (TPSA) is 46.3 Å². The summed E-state index contributed by atoms with van der Waals surface area (Å²) in [6.45, 7) is 4.57. The summed E-state index contributed by atoms with van der Waals surface area (Å²) in [4.78, 5) is 14.3. The van der Waals surface area contributed by atoms with E-state index in [1.54, 1.807) is 0 Å². The fourth-order valence-corrected chi connectivity index (χ4v) is 2.80. The second kappa shape index (κ2) is 6.71. The maximum absolute atomic E-state index is 12.4. The maximum atomic E-state index is 12.4. The van der Waals surface area contributed by atoms with Gasteiger partial charge in [0.2, 0.25) is 0 Å². The minimum Gasteiger partial charge on any atom is -0.339 e. The average Bonchev–Trinajstić information content (AvgIpc) is 2.48. The number of nitrogens with zero attached hydrogens (tertiary/aromatic N) is 1. The molecule has 3 nitrogen and oxygen atoms in total. The third kappa shape index (κ3) is 3.57. The molecule has 1 heterocycles. The van der Waals surface area contributed by atoms with E-state index in [0.717, 1.165) is 43.0 Å². The second-order valence-electron chi connectivity index (χ2n) is 5.43. The zero-order valence-electron chi connectivity index (χ0n) is 11.8. The number of hydrogen-bond acceptors (Lipinski definition) is 2. The van der Waals surface area contributed by atoms with Gasteiger partial charge in [0.1, 0.15) is 0 Å². The second-order valence-corrected chi connectivity index (χ2v) is 5.43. The first kappa shape index (κ1) is 14.1. The molecule has 1 fully saturated rings. The van der Waals surface area contributed by atoms with E-state index in [2.05, 4.69) is 6.92 Å². The summed E-state index contributed by atoms with van der Waals surface area (Å²) in [6.07, 6.45) is 4.85. The van der Waals surface area contributed by atoms with Crippen molar-refractivity contribution in [2.75, 3.05) is 13.1 Å². The van der Waals surface area contributed by atoms with Crippen molar-refractivity contribution in [3.8, 4) is 0 Å². The highest BCUT2D eigenvalue weighted by atomic mass is 16.2. The van der Waals surface area contributed by atoms with E-state index in [4.69, 9.17) is 5.73 Å². The van der Waals surface area contributed by atoms with E-state index in [0.29, 0.717) is 6.54 Å². The van der Waals surface area contributed by atoms with E-state index < -0.39 is 0 Å². The van der Waals surface area contributed by atoms with Gasteiger partial charge in [0, 0.05) is 25.2 Å². The normalized spacial score (nSPS) is 16.6. The SMILES string of the molecule is CCCC1CCN(C(=O)c2ccc(CN)cc2)CC1. The van der Waals surface area contributed by atoms with Crippen LogP contribution in [0.3, 0.4) is 0 Å². The molecule has 0 radical (unpaired) electrons. The van der Waals surface area contributed by atoms with Gasteiger partial charge in [-0.25, -0.2) is 0 Å². The Balaban J connectivity index is 1.93. The first-order valence-electron chi connectivity index (χ1n) is 7.33. The highest BCUT2D eigenvalue weighted by molar-refractivity contribution is 5.94. The van der Waals surface area contributed by atoms with Crippen molar-refractivity contribution >= 4 is 5.91 Å². The van der Waals surface area contributed by atoms with Crippen molar-refractivity contribution in [3.05, 3.63) is 35.4 Å². The molecule has 1 aromatic carbocycles. The van der Waals surface area contributed by atoms with Gasteiger partial charge in [0.15, 0.2) is 0 Å². The molecular formula is C16H24N2O. The fraction of sp³-hybridized carbons (Fsp3) is 0.562. The van der Waals surface area contributed by atoms with Gasteiger partial charge in [-0.1, -0.05) is 31.9 Å². The maximum Gasteiger partial charge on any atom is 0.253 e. The van der Waals surface area contributed by atoms with Crippen LogP contribution < -0.4 is 5.73 Å². The summed E-state index contributed by atoms with van der Waals surface area (Å²) in [5.74, 6) is 0.979. The Kier molecular flexibility index (Phi) is 4.97. The third-order valence-electron chi connectivity index (χ3n) is 4.04. The van der Waals surface area contributed by atoms with Gasteiger partial charge >= 0.3 is 0 Å². The number of carbonyl (C=O) groups excluding carboxylic acids is 1. The van der Waals surface area contributed by atoms with Gasteiger partial charge in [-0.05, 0) is 36.5 Å². The number of nitrogens with two attached hydrogens (primary N) is 1. The number of piperidine rings is 1. The lowest BCUT2D eigenvalue weighted by Gasteiger charge is -2.32. The molecule has 0 atom stereocenters. The van der Waals surface area contributed by atoms with Crippen LogP contribution in [0.4, 0.5) is 0 Å². The van der Waals surface area contributed by atoms with Crippen LogP contribution in [0.5, 0.6) is 0 Å². The first-order valence-corrected chi connectivity index (χ1v) is 7.33. The van der Waals surface area contributed by atoms with E-state index in [1.165, 1.54) is 12.8 Å². The van der Waals surface area contributed by atoms with Gasteiger partial charge < -0.3 is 10.6 Å². The van der Waals surface area contributed by atoms with Crippen LogP contribution in [-0.4, -0.2) is 23.9 Å². The molecule has 19 heavy (non-hydrogen) atoms. The Morgan fingerprint density at radius 2 is 1.89 bits per heavy atom. The molecule has 0 aromatic heterocycles. The Morgan fingerprint density at radius 3 is 2.42 bits per heavy atom. The van der Waals surface area contributed by atoms with Gasteiger partial charge in [-0.15, -0.1) is 0 Å². The van der Waals surface area contributed by atoms with Gasteiger partial charge in [0.05, 0.1) is 0 Å². The van der Waals surface area contributed by atoms with Crippen LogP contribution in [0.25, 0.3) is 0 Å². The molecule has 1 aliphatic rings. The first-order chi connectivity index (χ1) is 9.24.